The van der Waals surface area contributed by atoms with Gasteiger partial charge in [0.05, 0.1) is 19.5 Å². The van der Waals surface area contributed by atoms with Gasteiger partial charge in [-0.3, -0.25) is 9.05 Å². The number of nitrogens with zero attached hydrogens (tertiary/aromatic N) is 4. The van der Waals surface area contributed by atoms with Gasteiger partial charge in [0, 0.05) is 18.6 Å². The molecule has 10 nitrogen and oxygen atoms in total. The van der Waals surface area contributed by atoms with Gasteiger partial charge in [-0.15, -0.1) is 0 Å². The molecule has 2 heterocycles. The van der Waals surface area contributed by atoms with Crippen LogP contribution in [0, 0.1) is 11.8 Å². The molecule has 2 aromatic heterocycles. The Morgan fingerprint density at radius 2 is 1.48 bits per heavy atom. The first kappa shape index (κ1) is 32.9. The minimum absolute atomic E-state index is 0.0398. The number of phosphoric acid groups is 1. The van der Waals surface area contributed by atoms with Crippen LogP contribution in [0.1, 0.15) is 122 Å². The maximum absolute atomic E-state index is 12.3. The van der Waals surface area contributed by atoms with E-state index in [1.54, 1.807) is 6.33 Å². The molecule has 0 radical (unpaired) electrons. The van der Waals surface area contributed by atoms with Crippen LogP contribution in [0.25, 0.3) is 11.2 Å². The Hall–Kier alpha value is -1.58. The third-order valence-corrected chi connectivity index (χ3v) is 9.29. The lowest BCUT2D eigenvalue weighted by molar-refractivity contribution is -0.00810. The third kappa shape index (κ3) is 10.7. The van der Waals surface area contributed by atoms with Crippen molar-refractivity contribution in [1.82, 2.24) is 19.5 Å². The molecule has 0 aliphatic heterocycles. The van der Waals surface area contributed by atoms with Crippen LogP contribution in [0.2, 0.25) is 0 Å². The van der Waals surface area contributed by atoms with E-state index in [1.807, 2.05) is 4.57 Å². The summed E-state index contributed by atoms with van der Waals surface area (Å²) in [6.07, 6.45) is 24.2. The van der Waals surface area contributed by atoms with Crippen LogP contribution in [-0.2, 0) is 13.6 Å². The van der Waals surface area contributed by atoms with Gasteiger partial charge in [-0.05, 0) is 18.8 Å². The standard InChI is InChI=1S/C29H52N5O5P/c1-2-3-4-5-6-7-8-9-10-11-12-13-14-15-16-17-18-38-40(36,37)39-21-24-19-26(25(24)20-35)34-23-33-27-28(30)31-22-32-29(27)34/h22-26,35H,2-21H2,1H3,(H,36,37)(H2,30,31,32). The van der Waals surface area contributed by atoms with Crippen molar-refractivity contribution in [2.45, 2.75) is 122 Å². The smallest absolute Gasteiger partial charge is 0.396 e. The minimum Gasteiger partial charge on any atom is -0.396 e. The molecular formula is C29H52N5O5P. The van der Waals surface area contributed by atoms with Crippen molar-refractivity contribution in [3.63, 3.8) is 0 Å². The monoisotopic (exact) mass is 581 g/mol. The predicted molar refractivity (Wildman–Crippen MR) is 159 cm³/mol. The van der Waals surface area contributed by atoms with Crippen molar-refractivity contribution in [1.29, 1.82) is 0 Å². The molecule has 0 bridgehead atoms. The quantitative estimate of drug-likeness (QED) is 0.0935. The summed E-state index contributed by atoms with van der Waals surface area (Å²) in [6.45, 7) is 2.46. The zero-order valence-corrected chi connectivity index (χ0v) is 25.4. The van der Waals surface area contributed by atoms with Gasteiger partial charge in [0.1, 0.15) is 11.8 Å². The molecule has 0 amide bonds. The molecule has 1 fully saturated rings. The summed E-state index contributed by atoms with van der Waals surface area (Å²) in [5.74, 6) is 0.103. The highest BCUT2D eigenvalue weighted by Gasteiger charge is 2.43. The number of imidazole rings is 1. The molecule has 1 saturated carbocycles. The molecular weight excluding hydrogens is 529 g/mol. The van der Waals surface area contributed by atoms with Crippen LogP contribution in [0.3, 0.4) is 0 Å². The Kier molecular flexibility index (Phi) is 14.9. The molecule has 0 spiro atoms. The SMILES string of the molecule is CCCCCCCCCCCCCCCCCCOP(=O)(O)OCC1CC(n2cnc3c(N)ncnc32)C1CO. The molecule has 3 rings (SSSR count). The number of aliphatic hydroxyl groups is 1. The normalized spacial score (nSPS) is 20.5. The van der Waals surface area contributed by atoms with Crippen molar-refractivity contribution >= 4 is 24.8 Å². The molecule has 0 aromatic carbocycles. The predicted octanol–water partition coefficient (Wildman–Crippen LogP) is 6.97. The molecule has 1 aliphatic carbocycles. The minimum atomic E-state index is -4.12. The second-order valence-corrected chi connectivity index (χ2v) is 12.8. The van der Waals surface area contributed by atoms with E-state index in [0.717, 1.165) is 19.3 Å². The Balaban J connectivity index is 1.17. The number of fused-ring (bicyclic) bond motifs is 1. The van der Waals surface area contributed by atoms with Crippen LogP contribution >= 0.6 is 7.82 Å². The van der Waals surface area contributed by atoms with Crippen molar-refractivity contribution < 1.29 is 23.6 Å². The highest BCUT2D eigenvalue weighted by atomic mass is 31.2. The molecule has 0 saturated heterocycles. The van der Waals surface area contributed by atoms with E-state index in [-0.39, 0.29) is 37.7 Å². The number of aromatic nitrogens is 4. The number of unbranched alkanes of at least 4 members (excludes halogenated alkanes) is 15. The number of hydrogen-bond donors (Lipinski definition) is 3. The summed E-state index contributed by atoms with van der Waals surface area (Å²) in [4.78, 5) is 22.6. The first-order chi connectivity index (χ1) is 19.5. The van der Waals surface area contributed by atoms with Crippen LogP contribution in [0.15, 0.2) is 12.7 Å². The lowest BCUT2D eigenvalue weighted by Gasteiger charge is -2.44. The molecule has 4 atom stereocenters. The average molecular weight is 582 g/mol. The van der Waals surface area contributed by atoms with Gasteiger partial charge in [-0.25, -0.2) is 19.5 Å². The Morgan fingerprint density at radius 3 is 2.05 bits per heavy atom. The number of rotatable bonds is 23. The second kappa shape index (κ2) is 18.1. The first-order valence-corrected chi connectivity index (χ1v) is 17.1. The fourth-order valence-corrected chi connectivity index (χ4v) is 6.54. The van der Waals surface area contributed by atoms with Gasteiger partial charge < -0.3 is 20.3 Å². The van der Waals surface area contributed by atoms with Gasteiger partial charge >= 0.3 is 7.82 Å². The van der Waals surface area contributed by atoms with E-state index in [9.17, 15) is 14.6 Å². The van der Waals surface area contributed by atoms with E-state index in [2.05, 4.69) is 21.9 Å². The molecule has 228 valence electrons. The van der Waals surface area contributed by atoms with E-state index >= 15 is 0 Å². The Morgan fingerprint density at radius 1 is 0.900 bits per heavy atom. The zero-order chi connectivity index (χ0) is 28.6. The van der Waals surface area contributed by atoms with Gasteiger partial charge in [0.25, 0.3) is 0 Å². The van der Waals surface area contributed by atoms with Gasteiger partial charge in [-0.2, -0.15) is 0 Å². The summed E-state index contributed by atoms with van der Waals surface area (Å²) < 4.78 is 24.7. The lowest BCUT2D eigenvalue weighted by Crippen LogP contribution is -2.42. The maximum atomic E-state index is 12.3. The lowest BCUT2D eigenvalue weighted by atomic mass is 9.70. The fraction of sp³-hybridized carbons (Fsp3) is 0.828. The van der Waals surface area contributed by atoms with Crippen LogP contribution in [0.5, 0.6) is 0 Å². The van der Waals surface area contributed by atoms with E-state index in [4.69, 9.17) is 14.8 Å². The topological polar surface area (TPSA) is 146 Å². The van der Waals surface area contributed by atoms with E-state index in [0.29, 0.717) is 23.4 Å². The maximum Gasteiger partial charge on any atom is 0.472 e. The van der Waals surface area contributed by atoms with E-state index in [1.165, 1.54) is 89.8 Å². The first-order valence-electron chi connectivity index (χ1n) is 15.6. The summed E-state index contributed by atoms with van der Waals surface area (Å²) in [6, 6.07) is -0.0398. The number of anilines is 1. The van der Waals surface area contributed by atoms with Gasteiger partial charge in [-0.1, -0.05) is 103 Å². The van der Waals surface area contributed by atoms with Crippen molar-refractivity contribution in [3.05, 3.63) is 12.7 Å². The number of aliphatic hydroxyl groups excluding tert-OH is 1. The molecule has 4 N–H and O–H groups in total. The summed E-state index contributed by atoms with van der Waals surface area (Å²) in [5, 5.41) is 9.94. The molecule has 4 unspecified atom stereocenters. The third-order valence-electron chi connectivity index (χ3n) is 8.30. The van der Waals surface area contributed by atoms with E-state index < -0.39 is 7.82 Å². The Bertz CT molecular complexity index is 1020. The highest BCUT2D eigenvalue weighted by Crippen LogP contribution is 2.49. The number of phosphoric ester groups is 1. The largest absolute Gasteiger partial charge is 0.472 e. The summed E-state index contributed by atoms with van der Waals surface area (Å²) >= 11 is 0. The van der Waals surface area contributed by atoms with Crippen LogP contribution in [-0.4, -0.2) is 49.3 Å². The van der Waals surface area contributed by atoms with Crippen molar-refractivity contribution in [2.24, 2.45) is 11.8 Å². The average Bonchev–Trinajstić information content (AvgIpc) is 3.35. The number of nitrogens with two attached hydrogens (primary N) is 1. The van der Waals surface area contributed by atoms with Crippen molar-refractivity contribution in [2.75, 3.05) is 25.6 Å². The number of nitrogen functional groups attached to an aromatic ring is 1. The molecule has 1 aliphatic rings. The second-order valence-electron chi connectivity index (χ2n) is 11.4. The highest BCUT2D eigenvalue weighted by molar-refractivity contribution is 7.47. The van der Waals surface area contributed by atoms with Crippen LogP contribution in [0.4, 0.5) is 5.82 Å². The number of hydrogen-bond acceptors (Lipinski definition) is 8. The van der Waals surface area contributed by atoms with Crippen molar-refractivity contribution in [3.8, 4) is 0 Å². The zero-order valence-electron chi connectivity index (χ0n) is 24.5. The summed E-state index contributed by atoms with van der Waals surface area (Å²) in [5.41, 5.74) is 7.02. The van der Waals surface area contributed by atoms with Crippen LogP contribution < -0.4 is 5.73 Å². The molecule has 2 aromatic rings. The molecule has 40 heavy (non-hydrogen) atoms. The van der Waals surface area contributed by atoms with Gasteiger partial charge in [0.15, 0.2) is 11.5 Å². The van der Waals surface area contributed by atoms with Gasteiger partial charge in [0.2, 0.25) is 0 Å². The summed E-state index contributed by atoms with van der Waals surface area (Å²) in [7, 11) is -4.12. The molecule has 11 heteroatoms. The Labute approximate surface area is 240 Å². The fourth-order valence-electron chi connectivity index (χ4n) is 5.73.